The van der Waals surface area contributed by atoms with E-state index in [2.05, 4.69) is 48.9 Å². The van der Waals surface area contributed by atoms with E-state index >= 15 is 0 Å². The summed E-state index contributed by atoms with van der Waals surface area (Å²) in [5.74, 6) is 1.11. The van der Waals surface area contributed by atoms with Gasteiger partial charge in [0.05, 0.1) is 0 Å². The number of rotatable bonds is 7. The molecule has 1 fully saturated rings. The van der Waals surface area contributed by atoms with E-state index in [9.17, 15) is 0 Å². The molecule has 1 aliphatic heterocycles. The Morgan fingerprint density at radius 2 is 2.00 bits per heavy atom. The van der Waals surface area contributed by atoms with Gasteiger partial charge in [0.15, 0.2) is 0 Å². The lowest BCUT2D eigenvalue weighted by molar-refractivity contribution is 0.146. The van der Waals surface area contributed by atoms with Crippen molar-refractivity contribution in [2.24, 2.45) is 0 Å². The molecule has 0 N–H and O–H groups in total. The van der Waals surface area contributed by atoms with Crippen LogP contribution < -0.4 is 4.90 Å². The molecule has 0 unspecified atom stereocenters. The van der Waals surface area contributed by atoms with Crippen molar-refractivity contribution in [1.29, 1.82) is 0 Å². The maximum atomic E-state index is 4.71. The zero-order valence-electron chi connectivity index (χ0n) is 14.0. The van der Waals surface area contributed by atoms with Crippen molar-refractivity contribution in [3.63, 3.8) is 0 Å². The number of aromatic nitrogens is 1. The Kier molecular flexibility index (Phi) is 6.50. The first kappa shape index (κ1) is 16.3. The first-order valence-corrected chi connectivity index (χ1v) is 8.75. The van der Waals surface area contributed by atoms with E-state index in [0.717, 1.165) is 18.9 Å². The van der Waals surface area contributed by atoms with Crippen molar-refractivity contribution < 1.29 is 0 Å². The van der Waals surface area contributed by atoms with Crippen LogP contribution in [0.3, 0.4) is 0 Å². The van der Waals surface area contributed by atoms with Gasteiger partial charge >= 0.3 is 0 Å². The van der Waals surface area contributed by atoms with E-state index in [0.29, 0.717) is 6.04 Å². The highest BCUT2D eigenvalue weighted by Crippen LogP contribution is 2.31. The highest BCUT2D eigenvalue weighted by molar-refractivity contribution is 5.39. The van der Waals surface area contributed by atoms with Crippen molar-refractivity contribution in [3.8, 4) is 0 Å². The van der Waals surface area contributed by atoms with Crippen LogP contribution in [-0.2, 0) is 0 Å². The smallest absolute Gasteiger partial charge is 0.128 e. The summed E-state index contributed by atoms with van der Waals surface area (Å²) >= 11 is 0. The second-order valence-corrected chi connectivity index (χ2v) is 6.02. The Morgan fingerprint density at radius 3 is 2.62 bits per heavy atom. The fourth-order valence-corrected chi connectivity index (χ4v) is 3.33. The molecule has 0 amide bonds. The van der Waals surface area contributed by atoms with Gasteiger partial charge in [0, 0.05) is 25.3 Å². The van der Waals surface area contributed by atoms with Crippen LogP contribution in [0.2, 0.25) is 0 Å². The fourth-order valence-electron chi connectivity index (χ4n) is 3.33. The SMILES string of the molecule is CCCCN1CCCC[C@H]1c1ccc(N(CC)CC)nc1. The normalized spacial score (nSPS) is 19.7. The van der Waals surface area contributed by atoms with Crippen LogP contribution in [-0.4, -0.2) is 36.1 Å². The lowest BCUT2D eigenvalue weighted by atomic mass is 9.96. The van der Waals surface area contributed by atoms with E-state index in [1.807, 2.05) is 0 Å². The van der Waals surface area contributed by atoms with Gasteiger partial charge < -0.3 is 4.90 Å². The molecular weight excluding hydrogens is 258 g/mol. The average molecular weight is 289 g/mol. The Morgan fingerprint density at radius 1 is 1.19 bits per heavy atom. The predicted octanol–water partition coefficient (Wildman–Crippen LogP) is 4.25. The minimum Gasteiger partial charge on any atom is -0.357 e. The molecule has 0 radical (unpaired) electrons. The third kappa shape index (κ3) is 4.19. The number of pyridine rings is 1. The number of piperidine rings is 1. The summed E-state index contributed by atoms with van der Waals surface area (Å²) in [7, 11) is 0. The van der Waals surface area contributed by atoms with Crippen LogP contribution in [0.5, 0.6) is 0 Å². The van der Waals surface area contributed by atoms with Gasteiger partial charge in [-0.05, 0) is 57.8 Å². The van der Waals surface area contributed by atoms with Gasteiger partial charge in [0.1, 0.15) is 5.82 Å². The van der Waals surface area contributed by atoms with Crippen molar-refractivity contribution in [3.05, 3.63) is 23.9 Å². The molecule has 2 heterocycles. The number of hydrogen-bond donors (Lipinski definition) is 0. The first-order chi connectivity index (χ1) is 10.3. The second kappa shape index (κ2) is 8.38. The number of unbranched alkanes of at least 4 members (excludes halogenated alkanes) is 1. The van der Waals surface area contributed by atoms with Gasteiger partial charge in [-0.15, -0.1) is 0 Å². The molecule has 1 aromatic heterocycles. The zero-order valence-corrected chi connectivity index (χ0v) is 14.0. The molecule has 0 aliphatic carbocycles. The van der Waals surface area contributed by atoms with Gasteiger partial charge in [-0.3, -0.25) is 4.90 Å². The lowest BCUT2D eigenvalue weighted by Gasteiger charge is -2.36. The molecule has 1 aliphatic rings. The van der Waals surface area contributed by atoms with Crippen LogP contribution in [0, 0.1) is 0 Å². The molecule has 0 bridgehead atoms. The van der Waals surface area contributed by atoms with Crippen LogP contribution in [0.15, 0.2) is 18.3 Å². The molecule has 1 aromatic rings. The van der Waals surface area contributed by atoms with Gasteiger partial charge in [0.2, 0.25) is 0 Å². The van der Waals surface area contributed by atoms with Crippen LogP contribution >= 0.6 is 0 Å². The van der Waals surface area contributed by atoms with Gasteiger partial charge in [-0.1, -0.05) is 25.8 Å². The van der Waals surface area contributed by atoms with E-state index in [1.165, 1.54) is 50.8 Å². The highest BCUT2D eigenvalue weighted by Gasteiger charge is 2.23. The summed E-state index contributed by atoms with van der Waals surface area (Å²) < 4.78 is 0. The Hall–Kier alpha value is -1.09. The van der Waals surface area contributed by atoms with Gasteiger partial charge in [0.25, 0.3) is 0 Å². The van der Waals surface area contributed by atoms with Gasteiger partial charge in [-0.25, -0.2) is 4.98 Å². The topological polar surface area (TPSA) is 19.4 Å². The Balaban J connectivity index is 2.08. The summed E-state index contributed by atoms with van der Waals surface area (Å²) in [4.78, 5) is 9.68. The monoisotopic (exact) mass is 289 g/mol. The molecule has 21 heavy (non-hydrogen) atoms. The van der Waals surface area contributed by atoms with Crippen LogP contribution in [0.4, 0.5) is 5.82 Å². The average Bonchev–Trinajstić information content (AvgIpc) is 2.55. The van der Waals surface area contributed by atoms with Crippen molar-refractivity contribution in [2.75, 3.05) is 31.1 Å². The van der Waals surface area contributed by atoms with Gasteiger partial charge in [-0.2, -0.15) is 0 Å². The number of nitrogens with zero attached hydrogens (tertiary/aromatic N) is 3. The molecule has 0 spiro atoms. The molecule has 2 rings (SSSR count). The molecule has 1 saturated heterocycles. The summed E-state index contributed by atoms with van der Waals surface area (Å²) in [5, 5.41) is 0. The molecule has 3 nitrogen and oxygen atoms in total. The third-order valence-corrected chi connectivity index (χ3v) is 4.66. The summed E-state index contributed by atoms with van der Waals surface area (Å²) in [6.07, 6.45) is 8.69. The summed E-state index contributed by atoms with van der Waals surface area (Å²) in [5.41, 5.74) is 1.40. The Labute approximate surface area is 130 Å². The number of anilines is 1. The van der Waals surface area contributed by atoms with Crippen molar-refractivity contribution >= 4 is 5.82 Å². The lowest BCUT2D eigenvalue weighted by Crippen LogP contribution is -2.34. The number of likely N-dealkylation sites (tertiary alicyclic amines) is 1. The maximum absolute atomic E-state index is 4.71. The summed E-state index contributed by atoms with van der Waals surface area (Å²) in [6.45, 7) is 11.2. The first-order valence-electron chi connectivity index (χ1n) is 8.75. The zero-order chi connectivity index (χ0) is 15.1. The molecule has 0 saturated carbocycles. The van der Waals surface area contributed by atoms with Crippen LogP contribution in [0.25, 0.3) is 0 Å². The van der Waals surface area contributed by atoms with E-state index in [4.69, 9.17) is 4.98 Å². The fraction of sp³-hybridized carbons (Fsp3) is 0.722. The minimum absolute atomic E-state index is 0.587. The third-order valence-electron chi connectivity index (χ3n) is 4.66. The van der Waals surface area contributed by atoms with Crippen LogP contribution in [0.1, 0.15) is 64.5 Å². The molecular formula is C18H31N3. The molecule has 3 heteroatoms. The summed E-state index contributed by atoms with van der Waals surface area (Å²) in [6, 6.07) is 5.09. The quantitative estimate of drug-likeness (QED) is 0.748. The number of hydrogen-bond acceptors (Lipinski definition) is 3. The molecule has 0 aromatic carbocycles. The van der Waals surface area contributed by atoms with E-state index in [-0.39, 0.29) is 0 Å². The predicted molar refractivity (Wildman–Crippen MR) is 90.9 cm³/mol. The van der Waals surface area contributed by atoms with E-state index in [1.54, 1.807) is 0 Å². The maximum Gasteiger partial charge on any atom is 0.128 e. The van der Waals surface area contributed by atoms with Crippen molar-refractivity contribution in [1.82, 2.24) is 9.88 Å². The largest absolute Gasteiger partial charge is 0.357 e. The second-order valence-electron chi connectivity index (χ2n) is 6.02. The minimum atomic E-state index is 0.587. The highest BCUT2D eigenvalue weighted by atomic mass is 15.2. The van der Waals surface area contributed by atoms with Crippen molar-refractivity contribution in [2.45, 2.75) is 58.9 Å². The molecule has 118 valence electrons. The van der Waals surface area contributed by atoms with E-state index < -0.39 is 0 Å². The Bertz CT molecular complexity index is 397. The standard InChI is InChI=1S/C18H31N3/c1-4-7-13-21-14-9-8-10-17(21)16-11-12-18(19-15-16)20(5-2)6-3/h11-12,15,17H,4-10,13-14H2,1-3H3/t17-/m0/s1. The molecule has 1 atom stereocenters.